The first kappa shape index (κ1) is 15.8. The van der Waals surface area contributed by atoms with Crippen molar-refractivity contribution >= 4 is 11.9 Å². The maximum absolute atomic E-state index is 12.3. The van der Waals surface area contributed by atoms with Gasteiger partial charge in [-0.1, -0.05) is 55.5 Å². The van der Waals surface area contributed by atoms with Crippen LogP contribution in [0.3, 0.4) is 0 Å². The van der Waals surface area contributed by atoms with Gasteiger partial charge in [0, 0.05) is 11.5 Å². The second-order valence-electron chi connectivity index (χ2n) is 5.04. The van der Waals surface area contributed by atoms with Crippen LogP contribution < -0.4 is 5.32 Å². The van der Waals surface area contributed by atoms with E-state index in [0.717, 1.165) is 5.56 Å². The van der Waals surface area contributed by atoms with Gasteiger partial charge in [0.1, 0.15) is 6.04 Å². The Morgan fingerprint density at radius 2 is 1.50 bits per heavy atom. The molecule has 0 aromatic heterocycles. The summed E-state index contributed by atoms with van der Waals surface area (Å²) in [5, 5.41) is 2.77. The molecule has 4 nitrogen and oxygen atoms in total. The predicted octanol–water partition coefficient (Wildman–Crippen LogP) is 2.76. The van der Waals surface area contributed by atoms with Crippen molar-refractivity contribution in [1.29, 1.82) is 0 Å². The zero-order chi connectivity index (χ0) is 15.9. The SMILES string of the molecule is COC(=O)[C@H](NC(=O)c1ccccc1)[C@@H](C)c1ccccc1. The van der Waals surface area contributed by atoms with E-state index >= 15 is 0 Å². The highest BCUT2D eigenvalue weighted by Crippen LogP contribution is 2.20. The van der Waals surface area contributed by atoms with Crippen molar-refractivity contribution < 1.29 is 14.3 Å². The first-order valence-electron chi connectivity index (χ1n) is 7.12. The number of esters is 1. The monoisotopic (exact) mass is 297 g/mol. The lowest BCUT2D eigenvalue weighted by molar-refractivity contribution is -0.143. The molecule has 1 N–H and O–H groups in total. The van der Waals surface area contributed by atoms with Gasteiger partial charge in [-0.25, -0.2) is 4.79 Å². The fourth-order valence-corrected chi connectivity index (χ4v) is 2.28. The standard InChI is InChI=1S/C18H19NO3/c1-13(14-9-5-3-6-10-14)16(18(21)22-2)19-17(20)15-11-7-4-8-12-15/h3-13,16H,1-2H3,(H,19,20)/t13-,16+/m0/s1. The van der Waals surface area contributed by atoms with Crippen molar-refractivity contribution in [1.82, 2.24) is 5.32 Å². The van der Waals surface area contributed by atoms with E-state index in [1.807, 2.05) is 43.3 Å². The van der Waals surface area contributed by atoms with E-state index in [0.29, 0.717) is 5.56 Å². The summed E-state index contributed by atoms with van der Waals surface area (Å²) in [7, 11) is 1.32. The van der Waals surface area contributed by atoms with Crippen LogP contribution in [0.5, 0.6) is 0 Å². The molecule has 2 aromatic rings. The van der Waals surface area contributed by atoms with Crippen LogP contribution in [0, 0.1) is 0 Å². The number of carbonyl (C=O) groups is 2. The van der Waals surface area contributed by atoms with Crippen LogP contribution >= 0.6 is 0 Å². The van der Waals surface area contributed by atoms with Crippen molar-refractivity contribution in [3.8, 4) is 0 Å². The summed E-state index contributed by atoms with van der Waals surface area (Å²) >= 11 is 0. The Kier molecular flexibility index (Phi) is 5.31. The summed E-state index contributed by atoms with van der Waals surface area (Å²) < 4.78 is 4.84. The molecule has 4 heteroatoms. The minimum Gasteiger partial charge on any atom is -0.467 e. The average molecular weight is 297 g/mol. The molecule has 2 atom stereocenters. The Morgan fingerprint density at radius 3 is 2.05 bits per heavy atom. The van der Waals surface area contributed by atoms with Gasteiger partial charge in [-0.3, -0.25) is 4.79 Å². The molecule has 0 saturated carbocycles. The van der Waals surface area contributed by atoms with E-state index in [9.17, 15) is 9.59 Å². The molecule has 0 bridgehead atoms. The Balaban J connectivity index is 2.20. The van der Waals surface area contributed by atoms with Gasteiger partial charge in [-0.05, 0) is 17.7 Å². The molecule has 0 aliphatic rings. The number of hydrogen-bond donors (Lipinski definition) is 1. The number of benzene rings is 2. The number of ether oxygens (including phenoxy) is 1. The molecule has 0 unspecified atom stereocenters. The van der Waals surface area contributed by atoms with Crippen LogP contribution in [0.1, 0.15) is 28.8 Å². The van der Waals surface area contributed by atoms with E-state index in [1.165, 1.54) is 7.11 Å². The van der Waals surface area contributed by atoms with E-state index in [-0.39, 0.29) is 11.8 Å². The molecule has 0 spiro atoms. The van der Waals surface area contributed by atoms with Gasteiger partial charge in [0.05, 0.1) is 7.11 Å². The third-order valence-electron chi connectivity index (χ3n) is 3.60. The number of rotatable bonds is 5. The van der Waals surface area contributed by atoms with Crippen molar-refractivity contribution in [2.75, 3.05) is 7.11 Å². The van der Waals surface area contributed by atoms with Gasteiger partial charge in [0.25, 0.3) is 5.91 Å². The summed E-state index contributed by atoms with van der Waals surface area (Å²) in [4.78, 5) is 24.3. The molecule has 114 valence electrons. The van der Waals surface area contributed by atoms with Crippen LogP contribution in [-0.4, -0.2) is 25.0 Å². The van der Waals surface area contributed by atoms with Crippen LogP contribution in [0.15, 0.2) is 60.7 Å². The molecule has 22 heavy (non-hydrogen) atoms. The topological polar surface area (TPSA) is 55.4 Å². The first-order chi connectivity index (χ1) is 10.6. The zero-order valence-corrected chi connectivity index (χ0v) is 12.7. The molecule has 0 aliphatic carbocycles. The van der Waals surface area contributed by atoms with Gasteiger partial charge in [0.2, 0.25) is 0 Å². The Hall–Kier alpha value is -2.62. The molecule has 0 heterocycles. The molecule has 2 rings (SSSR count). The number of methoxy groups -OCH3 is 1. The quantitative estimate of drug-likeness (QED) is 0.863. The second-order valence-corrected chi connectivity index (χ2v) is 5.04. The zero-order valence-electron chi connectivity index (χ0n) is 12.7. The summed E-state index contributed by atoms with van der Waals surface area (Å²) in [5.41, 5.74) is 1.47. The molecule has 1 amide bonds. The van der Waals surface area contributed by atoms with Crippen LogP contribution in [0.2, 0.25) is 0 Å². The Labute approximate surface area is 130 Å². The average Bonchev–Trinajstić information content (AvgIpc) is 2.59. The fourth-order valence-electron chi connectivity index (χ4n) is 2.28. The van der Waals surface area contributed by atoms with E-state index < -0.39 is 12.0 Å². The second kappa shape index (κ2) is 7.41. The molecular weight excluding hydrogens is 278 g/mol. The summed E-state index contributed by atoms with van der Waals surface area (Å²) in [6, 6.07) is 17.6. The summed E-state index contributed by atoms with van der Waals surface area (Å²) in [6.45, 7) is 1.89. The van der Waals surface area contributed by atoms with E-state index in [2.05, 4.69) is 5.32 Å². The number of carbonyl (C=O) groups excluding carboxylic acids is 2. The lowest BCUT2D eigenvalue weighted by atomic mass is 9.93. The lowest BCUT2D eigenvalue weighted by Crippen LogP contribution is -2.44. The van der Waals surface area contributed by atoms with Gasteiger partial charge >= 0.3 is 5.97 Å². The Morgan fingerprint density at radius 1 is 0.955 bits per heavy atom. The molecular formula is C18H19NO3. The summed E-state index contributed by atoms with van der Waals surface area (Å²) in [5.74, 6) is -0.944. The van der Waals surface area contributed by atoms with Gasteiger partial charge < -0.3 is 10.1 Å². The van der Waals surface area contributed by atoms with Crippen molar-refractivity contribution in [2.45, 2.75) is 18.9 Å². The minimum atomic E-state index is -0.736. The number of amides is 1. The smallest absolute Gasteiger partial charge is 0.328 e. The molecule has 0 radical (unpaired) electrons. The maximum Gasteiger partial charge on any atom is 0.328 e. The van der Waals surface area contributed by atoms with Gasteiger partial charge in [-0.15, -0.1) is 0 Å². The highest BCUT2D eigenvalue weighted by molar-refractivity contribution is 5.97. The van der Waals surface area contributed by atoms with Crippen molar-refractivity contribution in [3.05, 3.63) is 71.8 Å². The largest absolute Gasteiger partial charge is 0.467 e. The molecule has 0 saturated heterocycles. The van der Waals surface area contributed by atoms with E-state index in [4.69, 9.17) is 4.74 Å². The van der Waals surface area contributed by atoms with Gasteiger partial charge in [-0.2, -0.15) is 0 Å². The van der Waals surface area contributed by atoms with Crippen LogP contribution in [0.4, 0.5) is 0 Å². The van der Waals surface area contributed by atoms with Crippen molar-refractivity contribution in [3.63, 3.8) is 0 Å². The third-order valence-corrected chi connectivity index (χ3v) is 3.60. The maximum atomic E-state index is 12.3. The fraction of sp³-hybridized carbons (Fsp3) is 0.222. The predicted molar refractivity (Wildman–Crippen MR) is 84.6 cm³/mol. The lowest BCUT2D eigenvalue weighted by Gasteiger charge is -2.23. The van der Waals surface area contributed by atoms with Crippen molar-refractivity contribution in [2.24, 2.45) is 0 Å². The molecule has 2 aromatic carbocycles. The minimum absolute atomic E-state index is 0.193. The highest BCUT2D eigenvalue weighted by atomic mass is 16.5. The number of hydrogen-bond acceptors (Lipinski definition) is 3. The van der Waals surface area contributed by atoms with Crippen LogP contribution in [0.25, 0.3) is 0 Å². The number of nitrogens with one attached hydrogen (secondary N) is 1. The highest BCUT2D eigenvalue weighted by Gasteiger charge is 2.29. The summed E-state index contributed by atoms with van der Waals surface area (Å²) in [6.07, 6.45) is 0. The molecule has 0 fully saturated rings. The Bertz CT molecular complexity index is 625. The van der Waals surface area contributed by atoms with Gasteiger partial charge in [0.15, 0.2) is 0 Å². The normalized spacial score (nSPS) is 13.0. The third kappa shape index (κ3) is 3.73. The first-order valence-corrected chi connectivity index (χ1v) is 7.12. The van der Waals surface area contributed by atoms with Crippen LogP contribution in [-0.2, 0) is 9.53 Å². The molecule has 0 aliphatic heterocycles. The van der Waals surface area contributed by atoms with E-state index in [1.54, 1.807) is 24.3 Å².